The number of benzene rings is 1. The zero-order valence-electron chi connectivity index (χ0n) is 13.2. The summed E-state index contributed by atoms with van der Waals surface area (Å²) in [6.45, 7) is 9.62. The fourth-order valence-corrected chi connectivity index (χ4v) is 3.73. The lowest BCUT2D eigenvalue weighted by Gasteiger charge is -2.22. The molecule has 0 aliphatic carbocycles. The first-order chi connectivity index (χ1) is 9.82. The van der Waals surface area contributed by atoms with Crippen LogP contribution in [0.5, 0.6) is 0 Å². The maximum Gasteiger partial charge on any atom is 0.245 e. The maximum atomic E-state index is 14.2. The molecular weight excluding hydrogens is 291 g/mol. The minimum Gasteiger partial charge on any atom is -0.313 e. The first-order valence-electron chi connectivity index (χ1n) is 7.32. The van der Waals surface area contributed by atoms with Crippen LogP contribution < -0.4 is 5.32 Å². The van der Waals surface area contributed by atoms with Crippen molar-refractivity contribution < 1.29 is 12.8 Å². The van der Waals surface area contributed by atoms with Gasteiger partial charge in [0.2, 0.25) is 10.0 Å². The molecule has 0 heterocycles. The number of nitrogens with one attached hydrogen (secondary N) is 1. The third-order valence-electron chi connectivity index (χ3n) is 3.11. The maximum absolute atomic E-state index is 14.2. The van der Waals surface area contributed by atoms with Gasteiger partial charge in [0.05, 0.1) is 0 Å². The Morgan fingerprint density at radius 2 is 1.95 bits per heavy atom. The van der Waals surface area contributed by atoms with Crippen LogP contribution in [0.25, 0.3) is 0 Å². The number of rotatable bonds is 8. The van der Waals surface area contributed by atoms with E-state index < -0.39 is 15.8 Å². The molecule has 0 bridgehead atoms. The molecule has 1 aromatic carbocycles. The average molecular weight is 316 g/mol. The summed E-state index contributed by atoms with van der Waals surface area (Å²) >= 11 is 0. The Hall–Kier alpha value is -0.980. The van der Waals surface area contributed by atoms with Crippen LogP contribution in [0, 0.1) is 11.7 Å². The summed E-state index contributed by atoms with van der Waals surface area (Å²) in [7, 11) is -3.78. The molecule has 120 valence electrons. The van der Waals surface area contributed by atoms with E-state index in [1.165, 1.54) is 16.4 Å². The smallest absolute Gasteiger partial charge is 0.245 e. The van der Waals surface area contributed by atoms with Crippen LogP contribution in [-0.4, -0.2) is 32.4 Å². The average Bonchev–Trinajstić information content (AvgIpc) is 2.41. The molecule has 0 saturated heterocycles. The van der Waals surface area contributed by atoms with Crippen molar-refractivity contribution in [3.8, 4) is 0 Å². The van der Waals surface area contributed by atoms with E-state index in [9.17, 15) is 12.8 Å². The van der Waals surface area contributed by atoms with Gasteiger partial charge in [0.1, 0.15) is 10.7 Å². The fourth-order valence-electron chi connectivity index (χ4n) is 2.08. The van der Waals surface area contributed by atoms with Crippen molar-refractivity contribution in [1.29, 1.82) is 0 Å². The van der Waals surface area contributed by atoms with Crippen molar-refractivity contribution in [3.05, 3.63) is 29.6 Å². The quantitative estimate of drug-likeness (QED) is 0.802. The Kier molecular flexibility index (Phi) is 6.77. The zero-order chi connectivity index (χ0) is 16.0. The van der Waals surface area contributed by atoms with E-state index in [0.29, 0.717) is 19.6 Å². The highest BCUT2D eigenvalue weighted by molar-refractivity contribution is 7.89. The molecule has 0 unspecified atom stereocenters. The second kappa shape index (κ2) is 7.87. The van der Waals surface area contributed by atoms with Gasteiger partial charge in [0.25, 0.3) is 0 Å². The number of nitrogens with zero attached hydrogens (tertiary/aromatic N) is 1. The van der Waals surface area contributed by atoms with Crippen LogP contribution >= 0.6 is 0 Å². The standard InChI is InChI=1S/C15H25FN2O2S/c1-5-17-10-13-7-8-15(14(16)9-13)21(19,20)18(6-2)11-12(3)4/h7-9,12,17H,5-6,10-11H2,1-4H3. The van der Waals surface area contributed by atoms with Crippen LogP contribution in [0.1, 0.15) is 33.3 Å². The van der Waals surface area contributed by atoms with Crippen molar-refractivity contribution >= 4 is 10.0 Å². The van der Waals surface area contributed by atoms with Crippen molar-refractivity contribution in [3.63, 3.8) is 0 Å². The predicted molar refractivity (Wildman–Crippen MR) is 83.1 cm³/mol. The summed E-state index contributed by atoms with van der Waals surface area (Å²) in [6.07, 6.45) is 0. The lowest BCUT2D eigenvalue weighted by atomic mass is 10.2. The molecule has 1 rings (SSSR count). The highest BCUT2D eigenvalue weighted by Gasteiger charge is 2.26. The minimum absolute atomic E-state index is 0.191. The Morgan fingerprint density at radius 3 is 2.43 bits per heavy atom. The largest absolute Gasteiger partial charge is 0.313 e. The van der Waals surface area contributed by atoms with Crippen LogP contribution in [0.3, 0.4) is 0 Å². The Labute approximate surface area is 127 Å². The predicted octanol–water partition coefficient (Wildman–Crippen LogP) is 2.60. The molecular formula is C15H25FN2O2S. The van der Waals surface area contributed by atoms with E-state index >= 15 is 0 Å². The summed E-state index contributed by atoms with van der Waals surface area (Å²) in [5.74, 6) is -0.497. The minimum atomic E-state index is -3.78. The molecule has 0 spiro atoms. The van der Waals surface area contributed by atoms with Crippen LogP contribution in [0.2, 0.25) is 0 Å². The lowest BCUT2D eigenvalue weighted by Crippen LogP contribution is -2.34. The SMILES string of the molecule is CCNCc1ccc(S(=O)(=O)N(CC)CC(C)C)c(F)c1. The van der Waals surface area contributed by atoms with Gasteiger partial charge in [-0.25, -0.2) is 12.8 Å². The van der Waals surface area contributed by atoms with Gasteiger partial charge in [-0.3, -0.25) is 0 Å². The van der Waals surface area contributed by atoms with Gasteiger partial charge in [-0.1, -0.05) is 33.8 Å². The summed E-state index contributed by atoms with van der Waals surface area (Å²) in [6, 6.07) is 4.31. The van der Waals surface area contributed by atoms with E-state index in [4.69, 9.17) is 0 Å². The Bertz CT molecular complexity index is 559. The van der Waals surface area contributed by atoms with E-state index in [2.05, 4.69) is 5.32 Å². The summed E-state index contributed by atoms with van der Waals surface area (Å²) < 4.78 is 40.5. The normalized spacial score (nSPS) is 12.3. The van der Waals surface area contributed by atoms with Gasteiger partial charge in [0.15, 0.2) is 0 Å². The van der Waals surface area contributed by atoms with Gasteiger partial charge in [-0.05, 0) is 30.2 Å². The first kappa shape index (κ1) is 18.1. The molecule has 0 aliphatic heterocycles. The monoisotopic (exact) mass is 316 g/mol. The second-order valence-corrected chi connectivity index (χ2v) is 7.30. The van der Waals surface area contributed by atoms with Crippen molar-refractivity contribution in [2.24, 2.45) is 5.92 Å². The fraction of sp³-hybridized carbons (Fsp3) is 0.600. The van der Waals surface area contributed by atoms with Crippen molar-refractivity contribution in [2.75, 3.05) is 19.6 Å². The van der Waals surface area contributed by atoms with Crippen molar-refractivity contribution in [1.82, 2.24) is 9.62 Å². The number of halogens is 1. The molecule has 1 N–H and O–H groups in total. The molecule has 0 radical (unpaired) electrons. The van der Waals surface area contributed by atoms with Gasteiger partial charge >= 0.3 is 0 Å². The highest BCUT2D eigenvalue weighted by atomic mass is 32.2. The third-order valence-corrected chi connectivity index (χ3v) is 5.09. The third kappa shape index (κ3) is 4.76. The molecule has 0 saturated carbocycles. The van der Waals surface area contributed by atoms with Gasteiger partial charge in [-0.2, -0.15) is 4.31 Å². The molecule has 6 heteroatoms. The molecule has 4 nitrogen and oxygen atoms in total. The molecule has 21 heavy (non-hydrogen) atoms. The molecule has 0 aromatic heterocycles. The zero-order valence-corrected chi connectivity index (χ0v) is 14.0. The summed E-state index contributed by atoms with van der Waals surface area (Å²) in [5, 5.41) is 3.08. The van der Waals surface area contributed by atoms with Gasteiger partial charge in [-0.15, -0.1) is 0 Å². The first-order valence-corrected chi connectivity index (χ1v) is 8.76. The van der Waals surface area contributed by atoms with Crippen molar-refractivity contribution in [2.45, 2.75) is 39.1 Å². The molecule has 1 aromatic rings. The number of sulfonamides is 1. The van der Waals surface area contributed by atoms with Crippen LogP contribution in [0.4, 0.5) is 4.39 Å². The van der Waals surface area contributed by atoms with E-state index in [1.807, 2.05) is 20.8 Å². The Morgan fingerprint density at radius 1 is 1.29 bits per heavy atom. The number of hydrogen-bond donors (Lipinski definition) is 1. The van der Waals surface area contributed by atoms with E-state index in [1.54, 1.807) is 13.0 Å². The van der Waals surface area contributed by atoms with Gasteiger partial charge < -0.3 is 5.32 Å². The highest BCUT2D eigenvalue weighted by Crippen LogP contribution is 2.21. The molecule has 0 atom stereocenters. The second-order valence-electron chi connectivity index (χ2n) is 5.39. The van der Waals surface area contributed by atoms with Crippen LogP contribution in [-0.2, 0) is 16.6 Å². The Balaban J connectivity index is 3.07. The van der Waals surface area contributed by atoms with E-state index in [-0.39, 0.29) is 10.8 Å². The topological polar surface area (TPSA) is 49.4 Å². The van der Waals surface area contributed by atoms with E-state index in [0.717, 1.165) is 12.1 Å². The summed E-state index contributed by atoms with van der Waals surface area (Å²) in [5.41, 5.74) is 0.736. The molecule has 0 aliphatic rings. The molecule has 0 amide bonds. The lowest BCUT2D eigenvalue weighted by molar-refractivity contribution is 0.378. The summed E-state index contributed by atoms with van der Waals surface area (Å²) in [4.78, 5) is -0.245. The molecule has 0 fully saturated rings. The van der Waals surface area contributed by atoms with Gasteiger partial charge in [0, 0.05) is 19.6 Å². The number of hydrogen-bond acceptors (Lipinski definition) is 3. The van der Waals surface area contributed by atoms with Crippen LogP contribution in [0.15, 0.2) is 23.1 Å².